The van der Waals surface area contributed by atoms with Crippen molar-refractivity contribution in [1.29, 1.82) is 0 Å². The van der Waals surface area contributed by atoms with Crippen molar-refractivity contribution in [2.75, 3.05) is 26.2 Å². The summed E-state index contributed by atoms with van der Waals surface area (Å²) in [5.74, 6) is 12.0. The molecule has 0 radical (unpaired) electrons. The average Bonchev–Trinajstić information content (AvgIpc) is 3.90. The van der Waals surface area contributed by atoms with Crippen LogP contribution in [-0.4, -0.2) is 49.9 Å². The second-order valence-electron chi connectivity index (χ2n) is 27.7. The fourth-order valence-electron chi connectivity index (χ4n) is 19.3. The molecule has 8 nitrogen and oxygen atoms in total. The van der Waals surface area contributed by atoms with E-state index >= 15 is 0 Å². The number of carbonyl (C=O) groups excluding carboxylic acids is 2. The minimum absolute atomic E-state index is 0.0157. The Bertz CT molecular complexity index is 1830. The predicted molar refractivity (Wildman–Crippen MR) is 306 cm³/mol. The van der Waals surface area contributed by atoms with Crippen molar-refractivity contribution < 1.29 is 19.1 Å². The number of hydrogen-bond acceptors (Lipinski definition) is 7. The van der Waals surface area contributed by atoms with Crippen molar-refractivity contribution in [3.8, 4) is 0 Å². The Labute approximate surface area is 453 Å². The Morgan fingerprint density at radius 1 is 0.589 bits per heavy atom. The standard InChI is InChI=1S/C32H56N2O2.C30H49ClO2.C2H8N2/c1-7-23(21(2)3)9-8-22(4)27-12-13-28-26-11-10-24-20-25(36-30(35)34-19-18-33)14-16-31(24,5)29(26)15-17-32(27,28)6;1-7-21(19(2)3)9-8-20(4)25-12-13-26-24-11-10-22-18-23(33-28(31)32)14-16-29(22,5)27(24)15-17-30(25,26)6;3-1-2-4/h10,21-23,25-29H,7-9,11-20,33H2,1-6H3,(H,34,35);10,19-21,23-27H,7-9,11-18H2,1-6H3;1-4H2/t22-,23-,25+,26+,27-,28+,29+,31+,32-;20-,21-,23+,24+,25-,26+,27+,29+,30-;/m11./s1. The van der Waals surface area contributed by atoms with Gasteiger partial charge in [0.2, 0.25) is 0 Å². The number of nitrogens with two attached hydrogens (primary N) is 3. The summed E-state index contributed by atoms with van der Waals surface area (Å²) in [5.41, 5.74) is 19.5. The van der Waals surface area contributed by atoms with Crippen molar-refractivity contribution in [2.24, 2.45) is 122 Å². The SMILES string of the molecule is CC[C@H](CC[C@@H](C)[C@H]1CC[C@H]2[C@@H]3CC=C4C[C@@H](OC(=O)Cl)CC[C@]4(C)[C@H]3CC[C@]12C)C(C)C.CC[C@H](CC[C@@H](C)[C@H]1CC[C@H]2[C@@H]3CC=C4C[C@@H](OC(=O)NCCN)CC[C@]4(C)[C@H]3CC[C@]12C)C(C)C.NCCN. The number of hydrogen-bond donors (Lipinski definition) is 4. The van der Waals surface area contributed by atoms with Crippen LogP contribution in [-0.2, 0) is 9.47 Å². The molecule has 8 rings (SSSR count). The lowest BCUT2D eigenvalue weighted by Gasteiger charge is -2.58. The number of ether oxygens (including phenoxy) is 2. The van der Waals surface area contributed by atoms with Crippen LogP contribution in [0.15, 0.2) is 23.3 Å². The number of amides is 1. The van der Waals surface area contributed by atoms with Crippen LogP contribution in [0.25, 0.3) is 0 Å². The third-order valence-electron chi connectivity index (χ3n) is 23.7. The van der Waals surface area contributed by atoms with Gasteiger partial charge in [-0.2, -0.15) is 0 Å². The maximum atomic E-state index is 12.1. The highest BCUT2D eigenvalue weighted by atomic mass is 35.5. The van der Waals surface area contributed by atoms with Crippen LogP contribution in [0.5, 0.6) is 0 Å². The van der Waals surface area contributed by atoms with Crippen LogP contribution in [0.3, 0.4) is 0 Å². The van der Waals surface area contributed by atoms with Crippen molar-refractivity contribution >= 4 is 23.1 Å². The van der Waals surface area contributed by atoms with Crippen molar-refractivity contribution in [3.05, 3.63) is 23.3 Å². The van der Waals surface area contributed by atoms with Crippen LogP contribution in [0, 0.1) is 105 Å². The Morgan fingerprint density at radius 3 is 1.38 bits per heavy atom. The molecule has 0 heterocycles. The molecule has 0 aromatic heterocycles. The molecule has 0 spiro atoms. The van der Waals surface area contributed by atoms with Gasteiger partial charge in [0, 0.05) is 50.6 Å². The van der Waals surface area contributed by atoms with Crippen LogP contribution in [0.2, 0.25) is 0 Å². The summed E-state index contributed by atoms with van der Waals surface area (Å²) in [4.78, 5) is 23.4. The molecule has 0 aromatic rings. The Hall–Kier alpha value is -1.61. The summed E-state index contributed by atoms with van der Waals surface area (Å²) in [7, 11) is 0. The molecular weight excluding hydrogens is 924 g/mol. The van der Waals surface area contributed by atoms with Gasteiger partial charge in [0.25, 0.3) is 0 Å². The molecular formula is C64H113ClN4O4. The first-order valence-corrected chi connectivity index (χ1v) is 31.3. The molecule has 1 amide bonds. The van der Waals surface area contributed by atoms with Crippen LogP contribution < -0.4 is 22.5 Å². The van der Waals surface area contributed by atoms with Gasteiger partial charge in [-0.1, -0.05) is 132 Å². The molecule has 7 N–H and O–H groups in total. The van der Waals surface area contributed by atoms with Gasteiger partial charge in [0.05, 0.1) is 0 Å². The first-order chi connectivity index (χ1) is 34.6. The van der Waals surface area contributed by atoms with Gasteiger partial charge < -0.3 is 32.0 Å². The summed E-state index contributed by atoms with van der Waals surface area (Å²) in [5, 5.41) is 2.77. The maximum Gasteiger partial charge on any atom is 0.407 e. The lowest BCUT2D eigenvalue weighted by atomic mass is 9.47. The molecule has 0 aromatic carbocycles. The molecule has 73 heavy (non-hydrogen) atoms. The zero-order valence-corrected chi connectivity index (χ0v) is 49.8. The Morgan fingerprint density at radius 2 is 1.01 bits per heavy atom. The molecule has 6 saturated carbocycles. The summed E-state index contributed by atoms with van der Waals surface area (Å²) in [6.45, 7) is 32.1. The van der Waals surface area contributed by atoms with E-state index in [1.807, 2.05) is 0 Å². The largest absolute Gasteiger partial charge is 0.450 e. The molecule has 0 unspecified atom stereocenters. The van der Waals surface area contributed by atoms with Gasteiger partial charge in [-0.15, -0.1) is 0 Å². The monoisotopic (exact) mass is 1040 g/mol. The molecule has 9 heteroatoms. The number of carbonyl (C=O) groups is 2. The van der Waals surface area contributed by atoms with E-state index in [1.54, 1.807) is 11.1 Å². The zero-order chi connectivity index (χ0) is 53.5. The number of halogens is 1. The summed E-state index contributed by atoms with van der Waals surface area (Å²) >= 11 is 5.53. The first-order valence-electron chi connectivity index (χ1n) is 30.9. The minimum Gasteiger partial charge on any atom is -0.450 e. The summed E-state index contributed by atoms with van der Waals surface area (Å²) in [6, 6.07) is 0. The number of rotatable bonds is 17. The van der Waals surface area contributed by atoms with Crippen molar-refractivity contribution in [1.82, 2.24) is 5.32 Å². The first kappa shape index (κ1) is 60.6. The second kappa shape index (κ2) is 26.4. The maximum absolute atomic E-state index is 12.1. The highest BCUT2D eigenvalue weighted by Crippen LogP contribution is 2.69. The second-order valence-corrected chi connectivity index (χ2v) is 28.0. The third kappa shape index (κ3) is 13.3. The van der Waals surface area contributed by atoms with Gasteiger partial charge in [-0.25, -0.2) is 9.59 Å². The Kier molecular flexibility index (Phi) is 21.9. The molecule has 420 valence electrons. The van der Waals surface area contributed by atoms with Gasteiger partial charge in [0.15, 0.2) is 0 Å². The van der Waals surface area contributed by atoms with Gasteiger partial charge in [-0.05, 0) is 207 Å². The van der Waals surface area contributed by atoms with E-state index in [1.165, 1.54) is 103 Å². The van der Waals surface area contributed by atoms with E-state index in [0.717, 1.165) is 121 Å². The van der Waals surface area contributed by atoms with Gasteiger partial charge >= 0.3 is 11.5 Å². The van der Waals surface area contributed by atoms with E-state index in [9.17, 15) is 9.59 Å². The fourth-order valence-corrected chi connectivity index (χ4v) is 19.4. The number of allylic oxidation sites excluding steroid dienone is 2. The molecule has 0 bridgehead atoms. The topological polar surface area (TPSA) is 143 Å². The molecule has 0 aliphatic heterocycles. The van der Waals surface area contributed by atoms with E-state index in [4.69, 9.17) is 38.3 Å². The van der Waals surface area contributed by atoms with Crippen LogP contribution in [0.1, 0.15) is 224 Å². The molecule has 6 fully saturated rings. The van der Waals surface area contributed by atoms with E-state index in [0.29, 0.717) is 47.8 Å². The van der Waals surface area contributed by atoms with Crippen molar-refractivity contribution in [2.45, 2.75) is 237 Å². The van der Waals surface area contributed by atoms with Crippen molar-refractivity contribution in [3.63, 3.8) is 0 Å². The van der Waals surface area contributed by atoms with E-state index < -0.39 is 5.43 Å². The van der Waals surface area contributed by atoms with Gasteiger partial charge in [0.1, 0.15) is 12.2 Å². The molecule has 8 aliphatic rings. The molecule has 18 atom stereocenters. The number of fused-ring (bicyclic) bond motifs is 10. The van der Waals surface area contributed by atoms with Gasteiger partial charge in [-0.3, -0.25) is 0 Å². The minimum atomic E-state index is -0.643. The normalized spacial score (nSPS) is 38.9. The number of nitrogens with one attached hydrogen (secondary N) is 1. The fraction of sp³-hybridized carbons (Fsp3) is 0.906. The highest BCUT2D eigenvalue weighted by Gasteiger charge is 2.61. The summed E-state index contributed by atoms with van der Waals surface area (Å²) in [6.07, 6.45) is 33.1. The van der Waals surface area contributed by atoms with E-state index in [-0.39, 0.29) is 18.3 Å². The summed E-state index contributed by atoms with van der Waals surface area (Å²) < 4.78 is 11.2. The van der Waals surface area contributed by atoms with Crippen LogP contribution >= 0.6 is 11.6 Å². The Balaban J connectivity index is 0.000000223. The number of alkyl carbamates (subject to hydrolysis) is 1. The lowest BCUT2D eigenvalue weighted by molar-refractivity contribution is -0.0583. The van der Waals surface area contributed by atoms with E-state index in [2.05, 4.69) is 101 Å². The zero-order valence-electron chi connectivity index (χ0n) is 49.0. The predicted octanol–water partition coefficient (Wildman–Crippen LogP) is 16.0. The quantitative estimate of drug-likeness (QED) is 0.0839. The third-order valence-corrected chi connectivity index (χ3v) is 23.8. The van der Waals surface area contributed by atoms with Crippen LogP contribution in [0.4, 0.5) is 9.59 Å². The smallest absolute Gasteiger partial charge is 0.407 e. The highest BCUT2D eigenvalue weighted by molar-refractivity contribution is 6.61. The average molecular weight is 1040 g/mol. The molecule has 0 saturated heterocycles. The molecule has 8 aliphatic carbocycles. The lowest BCUT2D eigenvalue weighted by Crippen LogP contribution is -2.51.